The van der Waals surface area contributed by atoms with Crippen molar-refractivity contribution in [2.24, 2.45) is 0 Å². The number of aromatic nitrogens is 1. The lowest BCUT2D eigenvalue weighted by Crippen LogP contribution is -2.35. The monoisotopic (exact) mass is 288 g/mol. The highest BCUT2D eigenvalue weighted by Crippen LogP contribution is 2.13. The molecule has 0 saturated carbocycles. The summed E-state index contributed by atoms with van der Waals surface area (Å²) in [6.45, 7) is 2.60. The van der Waals surface area contributed by atoms with Gasteiger partial charge in [-0.3, -0.25) is 4.79 Å². The van der Waals surface area contributed by atoms with Crippen molar-refractivity contribution in [3.8, 4) is 0 Å². The Morgan fingerprint density at radius 2 is 2.44 bits per heavy atom. The van der Waals surface area contributed by atoms with E-state index in [4.69, 9.17) is 0 Å². The number of aliphatic hydroxyl groups is 1. The third-order valence-electron chi connectivity index (χ3n) is 2.62. The number of rotatable bonds is 8. The Labute approximate surface area is 116 Å². The highest BCUT2D eigenvalue weighted by Gasteiger charge is 2.13. The fourth-order valence-corrected chi connectivity index (χ4v) is 2.79. The molecule has 1 heterocycles. The maximum Gasteiger partial charge on any atom is 0.248 e. The number of thioether (sulfide) groups is 1. The molecule has 4 nitrogen and oxygen atoms in total. The lowest BCUT2D eigenvalue weighted by Gasteiger charge is -2.10. The quantitative estimate of drug-likeness (QED) is 0.714. The van der Waals surface area contributed by atoms with E-state index in [9.17, 15) is 9.90 Å². The topological polar surface area (TPSA) is 62.2 Å². The number of hydrogen-bond donors (Lipinski definition) is 2. The zero-order valence-corrected chi connectivity index (χ0v) is 12.4. The maximum absolute atomic E-state index is 11.5. The zero-order chi connectivity index (χ0) is 13.4. The molecule has 0 aromatic carbocycles. The normalized spacial score (nSPS) is 12.4. The van der Waals surface area contributed by atoms with Gasteiger partial charge in [-0.25, -0.2) is 4.98 Å². The first kappa shape index (κ1) is 15.5. The highest BCUT2D eigenvalue weighted by atomic mass is 32.2. The lowest BCUT2D eigenvalue weighted by molar-refractivity contribution is -0.129. The standard InChI is InChI=1S/C12H20N2O2S2/c1-9-11(18-8-14-9)4-3-6-13-12(16)10(15)5-7-17-2/h8,10,15H,3-7H2,1-2H3,(H,13,16)/t10-/m1/s1. The van der Waals surface area contributed by atoms with Crippen molar-refractivity contribution in [2.45, 2.75) is 32.3 Å². The molecule has 18 heavy (non-hydrogen) atoms. The summed E-state index contributed by atoms with van der Waals surface area (Å²) in [5.41, 5.74) is 2.92. The number of aryl methyl sites for hydroxylation is 2. The summed E-state index contributed by atoms with van der Waals surface area (Å²) < 4.78 is 0. The number of aliphatic hydroxyl groups excluding tert-OH is 1. The Bertz CT molecular complexity index is 369. The van der Waals surface area contributed by atoms with E-state index in [0.29, 0.717) is 13.0 Å². The largest absolute Gasteiger partial charge is 0.383 e. The second kappa shape index (κ2) is 8.50. The van der Waals surface area contributed by atoms with Crippen molar-refractivity contribution in [3.63, 3.8) is 0 Å². The van der Waals surface area contributed by atoms with Gasteiger partial charge >= 0.3 is 0 Å². The van der Waals surface area contributed by atoms with Gasteiger partial charge in [0.1, 0.15) is 6.10 Å². The number of thiazole rings is 1. The van der Waals surface area contributed by atoms with Crippen LogP contribution in [-0.2, 0) is 11.2 Å². The Hall–Kier alpha value is -0.590. The molecule has 0 aliphatic carbocycles. The molecule has 102 valence electrons. The molecule has 0 bridgehead atoms. The van der Waals surface area contributed by atoms with E-state index in [1.54, 1.807) is 23.1 Å². The molecular weight excluding hydrogens is 268 g/mol. The zero-order valence-electron chi connectivity index (χ0n) is 10.8. The van der Waals surface area contributed by atoms with Crippen molar-refractivity contribution in [3.05, 3.63) is 16.1 Å². The van der Waals surface area contributed by atoms with Gasteiger partial charge in [0.15, 0.2) is 0 Å². The van der Waals surface area contributed by atoms with Crippen LogP contribution in [0.25, 0.3) is 0 Å². The fourth-order valence-electron chi connectivity index (χ4n) is 1.51. The van der Waals surface area contributed by atoms with Crippen LogP contribution >= 0.6 is 23.1 Å². The molecule has 1 rings (SSSR count). The predicted molar refractivity (Wildman–Crippen MR) is 77.2 cm³/mol. The van der Waals surface area contributed by atoms with E-state index in [-0.39, 0.29) is 5.91 Å². The summed E-state index contributed by atoms with van der Waals surface area (Å²) in [5.74, 6) is 0.541. The molecular formula is C12H20N2O2S2. The third kappa shape index (κ3) is 5.37. The van der Waals surface area contributed by atoms with Crippen LogP contribution in [0.2, 0.25) is 0 Å². The van der Waals surface area contributed by atoms with Crippen LogP contribution < -0.4 is 5.32 Å². The van der Waals surface area contributed by atoms with Gasteiger partial charge in [0, 0.05) is 11.4 Å². The highest BCUT2D eigenvalue weighted by molar-refractivity contribution is 7.98. The SMILES string of the molecule is CSCC[C@@H](O)C(=O)NCCCc1scnc1C. The molecule has 6 heteroatoms. The minimum Gasteiger partial charge on any atom is -0.383 e. The first-order valence-corrected chi connectivity index (χ1v) is 8.26. The second-order valence-electron chi connectivity index (χ2n) is 4.05. The molecule has 0 saturated heterocycles. The molecule has 1 amide bonds. The van der Waals surface area contributed by atoms with Gasteiger partial charge in [-0.15, -0.1) is 11.3 Å². The molecule has 0 radical (unpaired) electrons. The van der Waals surface area contributed by atoms with Crippen LogP contribution in [0.15, 0.2) is 5.51 Å². The van der Waals surface area contributed by atoms with E-state index < -0.39 is 6.10 Å². The number of nitrogens with zero attached hydrogens (tertiary/aromatic N) is 1. The Morgan fingerprint density at radius 3 is 3.06 bits per heavy atom. The van der Waals surface area contributed by atoms with E-state index in [0.717, 1.165) is 24.3 Å². The van der Waals surface area contributed by atoms with Crippen molar-refractivity contribution in [1.82, 2.24) is 10.3 Å². The van der Waals surface area contributed by atoms with Crippen LogP contribution in [0.1, 0.15) is 23.4 Å². The molecule has 1 aromatic heterocycles. The van der Waals surface area contributed by atoms with Crippen LogP contribution in [0.5, 0.6) is 0 Å². The van der Waals surface area contributed by atoms with Crippen molar-refractivity contribution in [1.29, 1.82) is 0 Å². The maximum atomic E-state index is 11.5. The number of nitrogens with one attached hydrogen (secondary N) is 1. The lowest BCUT2D eigenvalue weighted by atomic mass is 10.2. The summed E-state index contributed by atoms with van der Waals surface area (Å²) in [7, 11) is 0. The van der Waals surface area contributed by atoms with Crippen LogP contribution in [0.4, 0.5) is 0 Å². The molecule has 2 N–H and O–H groups in total. The summed E-state index contributed by atoms with van der Waals surface area (Å²) in [5, 5.41) is 12.3. The van der Waals surface area contributed by atoms with Gasteiger partial charge < -0.3 is 10.4 Å². The third-order valence-corrected chi connectivity index (χ3v) is 4.26. The second-order valence-corrected chi connectivity index (χ2v) is 5.98. The summed E-state index contributed by atoms with van der Waals surface area (Å²) in [6.07, 6.45) is 3.41. The van der Waals surface area contributed by atoms with Gasteiger partial charge in [0.25, 0.3) is 0 Å². The average molecular weight is 288 g/mol. The average Bonchev–Trinajstić information content (AvgIpc) is 2.77. The fraction of sp³-hybridized carbons (Fsp3) is 0.667. The molecule has 0 unspecified atom stereocenters. The number of amides is 1. The Kier molecular flexibility index (Phi) is 7.31. The smallest absolute Gasteiger partial charge is 0.248 e. The predicted octanol–water partition coefficient (Wildman–Crippen LogP) is 1.61. The molecule has 0 aliphatic rings. The molecule has 0 aliphatic heterocycles. The van der Waals surface area contributed by atoms with E-state index in [1.165, 1.54) is 4.88 Å². The number of carbonyl (C=O) groups excluding carboxylic acids is 1. The molecule has 0 spiro atoms. The Morgan fingerprint density at radius 1 is 1.67 bits per heavy atom. The van der Waals surface area contributed by atoms with E-state index >= 15 is 0 Å². The van der Waals surface area contributed by atoms with Crippen molar-refractivity contribution < 1.29 is 9.90 Å². The van der Waals surface area contributed by atoms with Crippen molar-refractivity contribution in [2.75, 3.05) is 18.6 Å². The summed E-state index contributed by atoms with van der Waals surface area (Å²) >= 11 is 3.28. The minimum atomic E-state index is -0.873. The number of hydrogen-bond acceptors (Lipinski definition) is 5. The van der Waals surface area contributed by atoms with Crippen molar-refractivity contribution >= 4 is 29.0 Å². The van der Waals surface area contributed by atoms with Gasteiger partial charge in [0.05, 0.1) is 11.2 Å². The summed E-state index contributed by atoms with van der Waals surface area (Å²) in [4.78, 5) is 16.9. The first-order chi connectivity index (χ1) is 8.65. The van der Waals surface area contributed by atoms with Gasteiger partial charge in [-0.05, 0) is 38.2 Å². The van der Waals surface area contributed by atoms with Crippen LogP contribution in [-0.4, -0.2) is 40.7 Å². The van der Waals surface area contributed by atoms with Gasteiger partial charge in [0.2, 0.25) is 5.91 Å². The summed E-state index contributed by atoms with van der Waals surface area (Å²) in [6, 6.07) is 0. The van der Waals surface area contributed by atoms with E-state index in [1.807, 2.05) is 18.7 Å². The molecule has 1 atom stereocenters. The van der Waals surface area contributed by atoms with Crippen LogP contribution in [0, 0.1) is 6.92 Å². The van der Waals surface area contributed by atoms with Gasteiger partial charge in [-0.1, -0.05) is 0 Å². The Balaban J connectivity index is 2.14. The molecule has 1 aromatic rings. The van der Waals surface area contributed by atoms with E-state index in [2.05, 4.69) is 10.3 Å². The first-order valence-electron chi connectivity index (χ1n) is 5.98. The molecule has 0 fully saturated rings. The number of carbonyl (C=O) groups is 1. The minimum absolute atomic E-state index is 0.259. The van der Waals surface area contributed by atoms with Gasteiger partial charge in [-0.2, -0.15) is 11.8 Å². The van der Waals surface area contributed by atoms with Crippen LogP contribution in [0.3, 0.4) is 0 Å².